The third kappa shape index (κ3) is 3.83. The Morgan fingerprint density at radius 3 is 2.46 bits per heavy atom. The number of rotatable bonds is 7. The number of amides is 2. The fourth-order valence-electron chi connectivity index (χ4n) is 2.32. The summed E-state index contributed by atoms with van der Waals surface area (Å²) in [5.41, 5.74) is 4.96. The first kappa shape index (κ1) is 21.0. The Labute approximate surface area is 160 Å². The molecule has 12 nitrogen and oxygen atoms in total. The second kappa shape index (κ2) is 8.12. The normalized spacial score (nSPS) is 11.0. The number of nitrogens with zero attached hydrogens (tertiary/aromatic N) is 4. The Bertz CT molecular complexity index is 980. The molecule has 0 aliphatic carbocycles. The molecule has 0 saturated heterocycles. The van der Waals surface area contributed by atoms with E-state index in [1.807, 2.05) is 0 Å². The van der Waals surface area contributed by atoms with Crippen molar-refractivity contribution in [1.82, 2.24) is 14.8 Å². The van der Waals surface area contributed by atoms with Gasteiger partial charge in [-0.3, -0.25) is 4.68 Å². The molecule has 2 amide bonds. The van der Waals surface area contributed by atoms with Crippen LogP contribution in [0.25, 0.3) is 0 Å². The van der Waals surface area contributed by atoms with Crippen molar-refractivity contribution in [2.75, 3.05) is 25.1 Å². The van der Waals surface area contributed by atoms with Crippen molar-refractivity contribution in [2.45, 2.75) is 11.9 Å². The van der Waals surface area contributed by atoms with E-state index in [1.54, 1.807) is 6.92 Å². The van der Waals surface area contributed by atoms with Gasteiger partial charge < -0.3 is 19.9 Å². The van der Waals surface area contributed by atoms with Crippen LogP contribution in [0.4, 0.5) is 10.6 Å². The average molecular weight is 413 g/mol. The lowest BCUT2D eigenvalue weighted by atomic mass is 10.4. The molecule has 28 heavy (non-hydrogen) atoms. The SMILES string of the molecule is CCOC(=O)c1cnn(C)c1S(=O)(=O)N(C(N)=O)c1cc(OC)cc(OC)n1. The molecule has 152 valence electrons. The number of ether oxygens (including phenoxy) is 3. The van der Waals surface area contributed by atoms with Gasteiger partial charge in [-0.25, -0.2) is 9.59 Å². The van der Waals surface area contributed by atoms with Crippen LogP contribution in [0.1, 0.15) is 17.3 Å². The zero-order valence-corrected chi connectivity index (χ0v) is 16.4. The van der Waals surface area contributed by atoms with Crippen molar-refractivity contribution in [1.29, 1.82) is 0 Å². The van der Waals surface area contributed by atoms with Gasteiger partial charge in [-0.2, -0.15) is 22.8 Å². The summed E-state index contributed by atoms with van der Waals surface area (Å²) in [7, 11) is -0.779. The summed E-state index contributed by atoms with van der Waals surface area (Å²) >= 11 is 0. The lowest BCUT2D eigenvalue weighted by Crippen LogP contribution is -2.42. The predicted molar refractivity (Wildman–Crippen MR) is 95.8 cm³/mol. The van der Waals surface area contributed by atoms with E-state index in [0.29, 0.717) is 0 Å². The molecule has 2 rings (SSSR count). The third-order valence-corrected chi connectivity index (χ3v) is 5.30. The summed E-state index contributed by atoms with van der Waals surface area (Å²) in [4.78, 5) is 28.1. The number of nitrogens with two attached hydrogens (primary N) is 1. The van der Waals surface area contributed by atoms with Crippen LogP contribution in [0, 0.1) is 0 Å². The summed E-state index contributed by atoms with van der Waals surface area (Å²) in [6.07, 6.45) is 1.02. The van der Waals surface area contributed by atoms with Crippen LogP contribution in [0.5, 0.6) is 11.6 Å². The first-order valence-electron chi connectivity index (χ1n) is 7.81. The van der Waals surface area contributed by atoms with Gasteiger partial charge in [0, 0.05) is 19.2 Å². The van der Waals surface area contributed by atoms with Crippen molar-refractivity contribution < 1.29 is 32.2 Å². The van der Waals surface area contributed by atoms with Crippen LogP contribution in [0.15, 0.2) is 23.4 Å². The van der Waals surface area contributed by atoms with E-state index in [0.717, 1.165) is 10.9 Å². The molecule has 2 aromatic rings. The number of methoxy groups -OCH3 is 2. The number of sulfonamides is 1. The number of carbonyl (C=O) groups excluding carboxylic acids is 2. The minimum Gasteiger partial charge on any atom is -0.496 e. The highest BCUT2D eigenvalue weighted by molar-refractivity contribution is 7.93. The van der Waals surface area contributed by atoms with Gasteiger partial charge in [0.15, 0.2) is 10.8 Å². The van der Waals surface area contributed by atoms with E-state index in [2.05, 4.69) is 10.1 Å². The molecule has 0 aliphatic heterocycles. The van der Waals surface area contributed by atoms with Crippen LogP contribution in [0.3, 0.4) is 0 Å². The Morgan fingerprint density at radius 2 is 1.93 bits per heavy atom. The number of urea groups is 1. The molecule has 2 N–H and O–H groups in total. The van der Waals surface area contributed by atoms with E-state index in [1.165, 1.54) is 33.4 Å². The van der Waals surface area contributed by atoms with E-state index in [9.17, 15) is 18.0 Å². The maximum atomic E-state index is 13.2. The number of pyridine rings is 1. The van der Waals surface area contributed by atoms with Crippen LogP contribution in [0.2, 0.25) is 0 Å². The highest BCUT2D eigenvalue weighted by Gasteiger charge is 2.38. The maximum Gasteiger partial charge on any atom is 0.342 e. The molecule has 0 spiro atoms. The molecule has 0 radical (unpaired) electrons. The van der Waals surface area contributed by atoms with E-state index < -0.39 is 27.0 Å². The fourth-order valence-corrected chi connectivity index (χ4v) is 3.86. The Kier molecular flexibility index (Phi) is 6.08. The lowest BCUT2D eigenvalue weighted by Gasteiger charge is -2.20. The number of carbonyl (C=O) groups is 2. The molecule has 0 aromatic carbocycles. The van der Waals surface area contributed by atoms with Gasteiger partial charge in [0.25, 0.3) is 10.0 Å². The Balaban J connectivity index is 2.70. The van der Waals surface area contributed by atoms with E-state index in [-0.39, 0.29) is 33.9 Å². The van der Waals surface area contributed by atoms with Gasteiger partial charge in [0.05, 0.1) is 27.0 Å². The first-order valence-corrected chi connectivity index (χ1v) is 9.25. The van der Waals surface area contributed by atoms with Crippen molar-refractivity contribution >= 4 is 27.8 Å². The second-order valence-electron chi connectivity index (χ2n) is 5.22. The highest BCUT2D eigenvalue weighted by Crippen LogP contribution is 2.29. The topological polar surface area (TPSA) is 156 Å². The highest BCUT2D eigenvalue weighted by atomic mass is 32.2. The molecule has 13 heteroatoms. The second-order valence-corrected chi connectivity index (χ2v) is 6.92. The largest absolute Gasteiger partial charge is 0.496 e. The van der Waals surface area contributed by atoms with E-state index >= 15 is 0 Å². The molecule has 0 bridgehead atoms. The Hall–Kier alpha value is -3.35. The van der Waals surface area contributed by atoms with Gasteiger partial charge >= 0.3 is 12.0 Å². The molecule has 0 unspecified atom stereocenters. The van der Waals surface area contributed by atoms with Gasteiger partial charge in [-0.15, -0.1) is 0 Å². The Morgan fingerprint density at radius 1 is 1.25 bits per heavy atom. The van der Waals surface area contributed by atoms with Gasteiger partial charge in [0.1, 0.15) is 11.3 Å². The number of anilines is 1. The first-order chi connectivity index (χ1) is 13.2. The quantitative estimate of drug-likeness (QED) is 0.630. The summed E-state index contributed by atoms with van der Waals surface area (Å²) < 4.78 is 42.5. The summed E-state index contributed by atoms with van der Waals surface area (Å²) in [6.45, 7) is 1.58. The number of aryl methyl sites for hydroxylation is 1. The molecular weight excluding hydrogens is 394 g/mol. The molecule has 0 fully saturated rings. The van der Waals surface area contributed by atoms with Gasteiger partial charge in [-0.05, 0) is 6.92 Å². The minimum absolute atomic E-state index is 0.0153. The summed E-state index contributed by atoms with van der Waals surface area (Å²) in [6, 6.07) is 1.19. The predicted octanol–water partition coefficient (Wildman–Crippen LogP) is 0.283. The van der Waals surface area contributed by atoms with E-state index in [4.69, 9.17) is 19.9 Å². The smallest absolute Gasteiger partial charge is 0.342 e. The van der Waals surface area contributed by atoms with Crippen LogP contribution in [-0.4, -0.2) is 56.0 Å². The van der Waals surface area contributed by atoms with Crippen molar-refractivity contribution in [3.05, 3.63) is 23.9 Å². The minimum atomic E-state index is -4.70. The number of hydrogen-bond donors (Lipinski definition) is 1. The maximum absolute atomic E-state index is 13.2. The van der Waals surface area contributed by atoms with Crippen LogP contribution < -0.4 is 19.5 Å². The fraction of sp³-hybridized carbons (Fsp3) is 0.333. The third-order valence-electron chi connectivity index (χ3n) is 3.48. The van der Waals surface area contributed by atoms with Crippen LogP contribution in [-0.2, 0) is 21.8 Å². The molecule has 2 aromatic heterocycles. The number of aromatic nitrogens is 3. The van der Waals surface area contributed by atoms with Crippen LogP contribution >= 0.6 is 0 Å². The van der Waals surface area contributed by atoms with Crippen molar-refractivity contribution in [2.24, 2.45) is 12.8 Å². The van der Waals surface area contributed by atoms with Gasteiger partial charge in [0.2, 0.25) is 5.88 Å². The van der Waals surface area contributed by atoms with Crippen molar-refractivity contribution in [3.63, 3.8) is 0 Å². The molecule has 0 aliphatic rings. The number of hydrogen-bond acceptors (Lipinski definition) is 9. The average Bonchev–Trinajstić information content (AvgIpc) is 3.03. The number of primary amides is 1. The molecule has 0 saturated carbocycles. The lowest BCUT2D eigenvalue weighted by molar-refractivity contribution is 0.0521. The molecule has 0 atom stereocenters. The monoisotopic (exact) mass is 413 g/mol. The standard InChI is InChI=1S/C15H19N5O7S/c1-5-27-14(21)10-8-17-19(2)13(10)28(23,24)20(15(16)22)11-6-9(25-3)7-12(18-11)26-4/h6-8H,5H2,1-4H3,(H2,16,22). The zero-order valence-electron chi connectivity index (χ0n) is 15.6. The summed E-state index contributed by atoms with van der Waals surface area (Å²) in [5, 5.41) is 3.19. The van der Waals surface area contributed by atoms with Crippen molar-refractivity contribution in [3.8, 4) is 11.6 Å². The van der Waals surface area contributed by atoms with Gasteiger partial charge in [-0.1, -0.05) is 0 Å². The molecular formula is C15H19N5O7S. The summed E-state index contributed by atoms with van der Waals surface area (Å²) in [5.74, 6) is -1.17. The number of esters is 1. The zero-order chi connectivity index (χ0) is 21.1. The molecule has 2 heterocycles.